The summed E-state index contributed by atoms with van der Waals surface area (Å²) in [6, 6.07) is 14.4. The van der Waals surface area contributed by atoms with Gasteiger partial charge in [0.1, 0.15) is 5.75 Å². The van der Waals surface area contributed by atoms with Gasteiger partial charge < -0.3 is 5.11 Å². The van der Waals surface area contributed by atoms with E-state index in [1.165, 1.54) is 11.1 Å². The van der Waals surface area contributed by atoms with Crippen molar-refractivity contribution in [1.29, 1.82) is 0 Å². The molecule has 1 nitrogen and oxygen atoms in total. The lowest BCUT2D eigenvalue weighted by Crippen LogP contribution is -2.24. The van der Waals surface area contributed by atoms with E-state index in [1.807, 2.05) is 24.3 Å². The first kappa shape index (κ1) is 16.6. The summed E-state index contributed by atoms with van der Waals surface area (Å²) < 4.78 is 0. The zero-order valence-electron chi connectivity index (χ0n) is 14.7. The first-order valence-corrected chi connectivity index (χ1v) is 7.99. The molecular weight excluding hydrogens is 268 g/mol. The van der Waals surface area contributed by atoms with E-state index in [0.717, 1.165) is 17.5 Å². The molecule has 0 aromatic heterocycles. The van der Waals surface area contributed by atoms with E-state index < -0.39 is 0 Å². The molecule has 2 aromatic carbocycles. The van der Waals surface area contributed by atoms with Crippen molar-refractivity contribution in [2.45, 2.75) is 53.4 Å². The number of hydrogen-bond acceptors (Lipinski definition) is 1. The Balaban J connectivity index is 2.38. The zero-order chi connectivity index (χ0) is 16.5. The van der Waals surface area contributed by atoms with E-state index in [4.69, 9.17) is 0 Å². The van der Waals surface area contributed by atoms with Gasteiger partial charge in [-0.05, 0) is 41.4 Å². The minimum absolute atomic E-state index is 0.0425. The number of aryl methyl sites for hydroxylation is 1. The molecule has 0 aliphatic heterocycles. The molecular formula is C21H28O. The molecule has 1 N–H and O–H groups in total. The molecule has 0 fully saturated rings. The number of phenols is 1. The second-order valence-electron chi connectivity index (χ2n) is 8.22. The van der Waals surface area contributed by atoms with Crippen molar-refractivity contribution in [1.82, 2.24) is 0 Å². The third-order valence-corrected chi connectivity index (χ3v) is 4.08. The predicted molar refractivity (Wildman–Crippen MR) is 95.4 cm³/mol. The highest BCUT2D eigenvalue weighted by Crippen LogP contribution is 2.39. The quantitative estimate of drug-likeness (QED) is 0.727. The average Bonchev–Trinajstić information content (AvgIpc) is 2.35. The lowest BCUT2D eigenvalue weighted by molar-refractivity contribution is 0.283. The summed E-state index contributed by atoms with van der Waals surface area (Å²) in [5, 5.41) is 10.5. The Hall–Kier alpha value is -1.76. The van der Waals surface area contributed by atoms with Crippen LogP contribution in [0.3, 0.4) is 0 Å². The summed E-state index contributed by atoms with van der Waals surface area (Å²) >= 11 is 0. The lowest BCUT2D eigenvalue weighted by Gasteiger charge is -2.33. The Bertz CT molecular complexity index is 660. The van der Waals surface area contributed by atoms with Crippen LogP contribution in [0.5, 0.6) is 5.75 Å². The van der Waals surface area contributed by atoms with Crippen LogP contribution in [-0.2, 0) is 5.41 Å². The summed E-state index contributed by atoms with van der Waals surface area (Å²) in [6.45, 7) is 13.3. The monoisotopic (exact) mass is 296 g/mol. The molecule has 0 bridgehead atoms. The molecule has 0 atom stereocenters. The highest BCUT2D eigenvalue weighted by Gasteiger charge is 2.27. The van der Waals surface area contributed by atoms with Gasteiger partial charge in [-0.15, -0.1) is 0 Å². The van der Waals surface area contributed by atoms with Crippen molar-refractivity contribution in [3.05, 3.63) is 53.6 Å². The van der Waals surface area contributed by atoms with E-state index >= 15 is 0 Å². The molecule has 0 aliphatic rings. The number of benzene rings is 2. The highest BCUT2D eigenvalue weighted by molar-refractivity contribution is 5.71. The Morgan fingerprint density at radius 3 is 2.14 bits per heavy atom. The third-order valence-electron chi connectivity index (χ3n) is 4.08. The summed E-state index contributed by atoms with van der Waals surface area (Å²) in [6.07, 6.45) is 1.07. The van der Waals surface area contributed by atoms with Crippen LogP contribution < -0.4 is 0 Å². The van der Waals surface area contributed by atoms with Crippen LogP contribution in [0.25, 0.3) is 11.1 Å². The minimum Gasteiger partial charge on any atom is -0.507 e. The molecule has 0 amide bonds. The Labute approximate surface area is 135 Å². The molecule has 118 valence electrons. The second-order valence-corrected chi connectivity index (χ2v) is 8.22. The van der Waals surface area contributed by atoms with Gasteiger partial charge in [-0.3, -0.25) is 0 Å². The van der Waals surface area contributed by atoms with Crippen LogP contribution in [0.15, 0.2) is 42.5 Å². The summed E-state index contributed by atoms with van der Waals surface area (Å²) in [7, 11) is 0. The maximum Gasteiger partial charge on any atom is 0.123 e. The van der Waals surface area contributed by atoms with Crippen molar-refractivity contribution >= 4 is 0 Å². The molecule has 0 aliphatic carbocycles. The summed E-state index contributed by atoms with van der Waals surface area (Å²) in [5.41, 5.74) is 4.66. The largest absolute Gasteiger partial charge is 0.507 e. The van der Waals surface area contributed by atoms with Gasteiger partial charge in [0, 0.05) is 5.56 Å². The molecule has 0 radical (unpaired) electrons. The van der Waals surface area contributed by atoms with Gasteiger partial charge in [0.15, 0.2) is 0 Å². The Morgan fingerprint density at radius 1 is 0.909 bits per heavy atom. The van der Waals surface area contributed by atoms with Crippen molar-refractivity contribution < 1.29 is 5.11 Å². The Morgan fingerprint density at radius 2 is 1.59 bits per heavy atom. The van der Waals surface area contributed by atoms with E-state index in [2.05, 4.69) is 59.7 Å². The molecule has 0 spiro atoms. The maximum atomic E-state index is 10.5. The molecule has 1 heteroatoms. The Kier molecular flexibility index (Phi) is 4.37. The van der Waals surface area contributed by atoms with E-state index in [9.17, 15) is 5.11 Å². The molecule has 0 saturated carbocycles. The van der Waals surface area contributed by atoms with Crippen LogP contribution in [0.1, 0.15) is 52.2 Å². The van der Waals surface area contributed by atoms with E-state index in [-0.39, 0.29) is 10.8 Å². The van der Waals surface area contributed by atoms with Gasteiger partial charge in [0.05, 0.1) is 0 Å². The van der Waals surface area contributed by atoms with E-state index in [1.54, 1.807) is 0 Å². The van der Waals surface area contributed by atoms with Gasteiger partial charge in [-0.2, -0.15) is 0 Å². The van der Waals surface area contributed by atoms with Crippen molar-refractivity contribution in [3.63, 3.8) is 0 Å². The summed E-state index contributed by atoms with van der Waals surface area (Å²) in [5.74, 6) is 0.366. The van der Waals surface area contributed by atoms with Crippen LogP contribution in [0.2, 0.25) is 0 Å². The van der Waals surface area contributed by atoms with Crippen LogP contribution in [-0.4, -0.2) is 5.11 Å². The summed E-state index contributed by atoms with van der Waals surface area (Å²) in [4.78, 5) is 0. The van der Waals surface area contributed by atoms with E-state index in [0.29, 0.717) is 5.75 Å². The minimum atomic E-state index is 0.0425. The average molecular weight is 296 g/mol. The molecule has 0 heterocycles. The molecule has 0 saturated heterocycles. The van der Waals surface area contributed by atoms with Crippen molar-refractivity contribution in [2.75, 3.05) is 0 Å². The van der Waals surface area contributed by atoms with Gasteiger partial charge in [0.25, 0.3) is 0 Å². The van der Waals surface area contributed by atoms with Crippen molar-refractivity contribution in [2.24, 2.45) is 5.41 Å². The molecule has 22 heavy (non-hydrogen) atoms. The molecule has 0 unspecified atom stereocenters. The fourth-order valence-electron chi connectivity index (χ4n) is 3.44. The topological polar surface area (TPSA) is 20.2 Å². The third kappa shape index (κ3) is 3.91. The predicted octanol–water partition coefficient (Wildman–Crippen LogP) is 6.08. The normalized spacial score (nSPS) is 12.5. The fraction of sp³-hybridized carbons (Fsp3) is 0.429. The van der Waals surface area contributed by atoms with Gasteiger partial charge >= 0.3 is 0 Å². The number of phenolic OH excluding ortho intramolecular Hbond substituents is 1. The SMILES string of the molecule is Cc1cccc(-c2ccc(C(C)(C)CC(C)(C)C)cc2O)c1. The second kappa shape index (κ2) is 5.79. The zero-order valence-corrected chi connectivity index (χ0v) is 14.7. The smallest absolute Gasteiger partial charge is 0.123 e. The standard InChI is InChI=1S/C21H28O/c1-15-8-7-9-16(12-15)18-11-10-17(13-19(18)22)21(5,6)14-20(2,3)4/h7-13,22H,14H2,1-6H3. The number of hydrogen-bond donors (Lipinski definition) is 1. The van der Waals surface area contributed by atoms with Gasteiger partial charge in [0.2, 0.25) is 0 Å². The maximum absolute atomic E-state index is 10.5. The highest BCUT2D eigenvalue weighted by atomic mass is 16.3. The molecule has 2 rings (SSSR count). The molecule has 2 aromatic rings. The number of rotatable bonds is 3. The van der Waals surface area contributed by atoms with Crippen molar-refractivity contribution in [3.8, 4) is 16.9 Å². The lowest BCUT2D eigenvalue weighted by atomic mass is 9.72. The van der Waals surface area contributed by atoms with Crippen LogP contribution >= 0.6 is 0 Å². The first-order chi connectivity index (χ1) is 10.1. The van der Waals surface area contributed by atoms with Crippen LogP contribution in [0.4, 0.5) is 0 Å². The van der Waals surface area contributed by atoms with Gasteiger partial charge in [-0.25, -0.2) is 0 Å². The number of aromatic hydroxyl groups is 1. The van der Waals surface area contributed by atoms with Crippen LogP contribution in [0, 0.1) is 12.3 Å². The fourth-order valence-corrected chi connectivity index (χ4v) is 3.44. The first-order valence-electron chi connectivity index (χ1n) is 7.99. The van der Waals surface area contributed by atoms with Gasteiger partial charge in [-0.1, -0.05) is 76.6 Å².